The average molecular weight is 148 g/mol. The Morgan fingerprint density at radius 1 is 1.56 bits per heavy atom. The van der Waals surface area contributed by atoms with Crippen molar-refractivity contribution in [3.05, 3.63) is 0 Å². The molecule has 0 atom stereocenters. The molecule has 0 bridgehead atoms. The zero-order chi connectivity index (χ0) is 6.62. The second kappa shape index (κ2) is 5.49. The standard InChI is InChI=1S/C3H9O4P.Li.H/c1-2-3-7-8(4,5)6;;/h2-3H2,1H3,(H2,4,5,6);;. The molecule has 0 aromatic rings. The van der Waals surface area contributed by atoms with Crippen LogP contribution in [0.15, 0.2) is 0 Å². The molecule has 9 heavy (non-hydrogen) atoms. The van der Waals surface area contributed by atoms with Crippen molar-refractivity contribution in [3.8, 4) is 0 Å². The number of hydrogen-bond donors (Lipinski definition) is 2. The van der Waals surface area contributed by atoms with Gasteiger partial charge in [-0.05, 0) is 6.42 Å². The summed E-state index contributed by atoms with van der Waals surface area (Å²) < 4.78 is 13.9. The Morgan fingerprint density at radius 2 is 2.00 bits per heavy atom. The normalized spacial score (nSPS) is 10.6. The van der Waals surface area contributed by atoms with Crippen LogP contribution in [-0.2, 0) is 9.09 Å². The summed E-state index contributed by atoms with van der Waals surface area (Å²) in [4.78, 5) is 16.1. The maximum absolute atomic E-state index is 9.86. The van der Waals surface area contributed by atoms with Gasteiger partial charge in [-0.25, -0.2) is 4.57 Å². The van der Waals surface area contributed by atoms with E-state index in [9.17, 15) is 4.57 Å². The summed E-state index contributed by atoms with van der Waals surface area (Å²) in [6, 6.07) is 0. The summed E-state index contributed by atoms with van der Waals surface area (Å²) in [7, 11) is -4.18. The number of rotatable bonds is 3. The van der Waals surface area contributed by atoms with Crippen LogP contribution >= 0.6 is 7.82 Å². The minimum atomic E-state index is -4.18. The van der Waals surface area contributed by atoms with Crippen LogP contribution in [0.3, 0.4) is 0 Å². The predicted molar refractivity (Wildman–Crippen MR) is 35.4 cm³/mol. The first-order chi connectivity index (χ1) is 3.56. The molecule has 0 unspecified atom stereocenters. The molecule has 0 spiro atoms. The monoisotopic (exact) mass is 148 g/mol. The van der Waals surface area contributed by atoms with E-state index < -0.39 is 7.82 Å². The summed E-state index contributed by atoms with van der Waals surface area (Å²) >= 11 is 0. The molecule has 0 rings (SSSR count). The van der Waals surface area contributed by atoms with Gasteiger partial charge in [-0.15, -0.1) is 0 Å². The predicted octanol–water partition coefficient (Wildman–Crippen LogP) is -0.143. The van der Waals surface area contributed by atoms with Gasteiger partial charge in [-0.3, -0.25) is 4.52 Å². The van der Waals surface area contributed by atoms with Gasteiger partial charge in [0.1, 0.15) is 0 Å². The van der Waals surface area contributed by atoms with Crippen LogP contribution in [0.4, 0.5) is 0 Å². The van der Waals surface area contributed by atoms with Crippen molar-refractivity contribution in [1.82, 2.24) is 0 Å². The molecule has 0 fully saturated rings. The van der Waals surface area contributed by atoms with Crippen molar-refractivity contribution in [2.75, 3.05) is 6.61 Å². The first-order valence-electron chi connectivity index (χ1n) is 2.26. The molecule has 0 aliphatic carbocycles. The fourth-order valence-electron chi connectivity index (χ4n) is 0.210. The number of phosphoric acid groups is 1. The zero-order valence-corrected chi connectivity index (χ0v) is 5.47. The van der Waals surface area contributed by atoms with Crippen molar-refractivity contribution in [1.29, 1.82) is 0 Å². The molecule has 2 N–H and O–H groups in total. The Kier molecular flexibility index (Phi) is 7.56. The first kappa shape index (κ1) is 12.4. The summed E-state index contributed by atoms with van der Waals surface area (Å²) in [5.41, 5.74) is 0. The van der Waals surface area contributed by atoms with Gasteiger partial charge in [0.25, 0.3) is 0 Å². The average Bonchev–Trinajstić information content (AvgIpc) is 1.59. The fraction of sp³-hybridized carbons (Fsp3) is 1.00. The molecule has 52 valence electrons. The SMILES string of the molecule is CCCOP(=O)(O)O.[LiH]. The van der Waals surface area contributed by atoms with Gasteiger partial charge >= 0.3 is 26.7 Å². The van der Waals surface area contributed by atoms with E-state index >= 15 is 0 Å². The third-order valence-corrected chi connectivity index (χ3v) is 0.983. The van der Waals surface area contributed by atoms with Crippen molar-refractivity contribution >= 4 is 26.7 Å². The van der Waals surface area contributed by atoms with Crippen molar-refractivity contribution in [3.63, 3.8) is 0 Å². The van der Waals surface area contributed by atoms with Gasteiger partial charge in [0, 0.05) is 0 Å². The Labute approximate surface area is 66.0 Å². The molecule has 0 radical (unpaired) electrons. The van der Waals surface area contributed by atoms with Crippen LogP contribution in [-0.4, -0.2) is 35.3 Å². The summed E-state index contributed by atoms with van der Waals surface area (Å²) in [5, 5.41) is 0. The zero-order valence-electron chi connectivity index (χ0n) is 4.57. The van der Waals surface area contributed by atoms with Crippen LogP contribution in [0, 0.1) is 0 Å². The Bertz CT molecular complexity index is 100.0. The van der Waals surface area contributed by atoms with Crippen LogP contribution < -0.4 is 0 Å². The second-order valence-corrected chi connectivity index (χ2v) is 2.56. The van der Waals surface area contributed by atoms with Gasteiger partial charge in [0.05, 0.1) is 6.61 Å². The molecular formula is C3H10LiO4P. The minimum absolute atomic E-state index is 0. The molecule has 0 saturated carbocycles. The van der Waals surface area contributed by atoms with Gasteiger partial charge < -0.3 is 9.79 Å². The van der Waals surface area contributed by atoms with E-state index in [1.54, 1.807) is 6.92 Å². The maximum atomic E-state index is 9.86. The van der Waals surface area contributed by atoms with E-state index in [-0.39, 0.29) is 25.5 Å². The second-order valence-electron chi connectivity index (χ2n) is 1.32. The van der Waals surface area contributed by atoms with E-state index in [4.69, 9.17) is 9.79 Å². The van der Waals surface area contributed by atoms with Crippen molar-refractivity contribution < 1.29 is 18.9 Å². The molecule has 0 aromatic carbocycles. The molecule has 4 nitrogen and oxygen atoms in total. The van der Waals surface area contributed by atoms with E-state index in [1.807, 2.05) is 0 Å². The third kappa shape index (κ3) is 12.0. The summed E-state index contributed by atoms with van der Waals surface area (Å²) in [6.07, 6.45) is 0.616. The quantitative estimate of drug-likeness (QED) is 0.431. The Hall–Kier alpha value is 0.707. The van der Waals surface area contributed by atoms with Crippen LogP contribution in [0.25, 0.3) is 0 Å². The Morgan fingerprint density at radius 3 is 2.11 bits per heavy atom. The molecule has 0 heterocycles. The molecule has 6 heteroatoms. The van der Waals surface area contributed by atoms with Gasteiger partial charge in [0.2, 0.25) is 0 Å². The summed E-state index contributed by atoms with van der Waals surface area (Å²) in [6.45, 7) is 1.89. The van der Waals surface area contributed by atoms with Crippen LogP contribution in [0.5, 0.6) is 0 Å². The van der Waals surface area contributed by atoms with Gasteiger partial charge in [0.15, 0.2) is 0 Å². The van der Waals surface area contributed by atoms with Crippen molar-refractivity contribution in [2.24, 2.45) is 0 Å². The first-order valence-corrected chi connectivity index (χ1v) is 3.79. The number of phosphoric ester groups is 1. The molecular weight excluding hydrogens is 138 g/mol. The Balaban J connectivity index is 0. The topological polar surface area (TPSA) is 66.8 Å². The van der Waals surface area contributed by atoms with Gasteiger partial charge in [-0.2, -0.15) is 0 Å². The van der Waals surface area contributed by atoms with Crippen molar-refractivity contribution in [2.45, 2.75) is 13.3 Å². The van der Waals surface area contributed by atoms with Gasteiger partial charge in [-0.1, -0.05) is 6.92 Å². The summed E-state index contributed by atoms with van der Waals surface area (Å²) in [5.74, 6) is 0. The third-order valence-electron chi connectivity index (χ3n) is 0.464. The van der Waals surface area contributed by atoms with Crippen LogP contribution in [0.2, 0.25) is 0 Å². The van der Waals surface area contributed by atoms with E-state index in [0.717, 1.165) is 0 Å². The molecule has 0 amide bonds. The molecule has 0 aromatic heterocycles. The number of hydrogen-bond acceptors (Lipinski definition) is 2. The molecule has 0 saturated heterocycles. The van der Waals surface area contributed by atoms with E-state index in [1.165, 1.54) is 0 Å². The van der Waals surface area contributed by atoms with E-state index in [2.05, 4.69) is 4.52 Å². The fourth-order valence-corrected chi connectivity index (χ4v) is 0.631. The van der Waals surface area contributed by atoms with E-state index in [0.29, 0.717) is 6.42 Å². The van der Waals surface area contributed by atoms with Crippen LogP contribution in [0.1, 0.15) is 13.3 Å². The molecule has 0 aliphatic heterocycles. The molecule has 0 aliphatic rings.